The molecule has 392 valence electrons. The van der Waals surface area contributed by atoms with Crippen LogP contribution in [0.5, 0.6) is 0 Å². The lowest BCUT2D eigenvalue weighted by atomic mass is 10.1. The van der Waals surface area contributed by atoms with Gasteiger partial charge in [0.25, 0.3) is 0 Å². The van der Waals surface area contributed by atoms with E-state index < -0.39 is 57.8 Å². The molecule has 0 aliphatic carbocycles. The van der Waals surface area contributed by atoms with E-state index in [1.54, 1.807) is 0 Å². The van der Waals surface area contributed by atoms with Crippen LogP contribution < -0.4 is 0 Å². The normalized spacial score (nSPS) is 14.0. The van der Waals surface area contributed by atoms with Gasteiger partial charge in [-0.2, -0.15) is 0 Å². The number of esters is 3. The van der Waals surface area contributed by atoms with E-state index in [0.717, 1.165) is 141 Å². The minimum Gasteiger partial charge on any atom is -0.462 e. The van der Waals surface area contributed by atoms with Crippen molar-refractivity contribution in [2.24, 2.45) is 0 Å². The Balaban J connectivity index is 4.79. The fourth-order valence-electron chi connectivity index (χ4n) is 6.93. The van der Waals surface area contributed by atoms with Gasteiger partial charge in [0.1, 0.15) is 12.7 Å². The van der Waals surface area contributed by atoms with Gasteiger partial charge in [0.15, 0.2) is 6.10 Å². The molecule has 0 amide bonds. The summed E-state index contributed by atoms with van der Waals surface area (Å²) in [6.45, 7) is 4.43. The molecule has 0 radical (unpaired) electrons. The van der Waals surface area contributed by atoms with Gasteiger partial charge in [-0.3, -0.25) is 23.4 Å². The molecular formula is C56H97O11P. The summed E-state index contributed by atoms with van der Waals surface area (Å²) in [7, 11) is -4.75. The number of hydrogen-bond donors (Lipinski definition) is 2. The summed E-state index contributed by atoms with van der Waals surface area (Å²) in [6, 6.07) is 0. The minimum atomic E-state index is -4.75. The maximum Gasteiger partial charge on any atom is 0.472 e. The summed E-state index contributed by atoms with van der Waals surface area (Å²) < 4.78 is 39.4. The zero-order valence-electron chi connectivity index (χ0n) is 43.1. The standard InChI is InChI=1S/C56H97O11P/c1-4-7-10-13-16-19-22-25-26-29-32-35-38-41-44-47-56(60)67-53(49-63-54(58)45-42-39-36-33-30-27-23-20-17-14-11-8-5-2)51-65-68(61,62)64-50-52(48-57)66-55(59)46-43-40-37-34-31-28-24-21-18-15-12-9-6-3/h11-12,14-16,19-21,23-26,52-53,57H,4-10,13,17-18,22,27-51H2,1-3H3,(H,61,62)/b14-11-,15-12-,19-16-,23-20-,24-21-,26-25-. The Labute approximate surface area is 414 Å². The lowest BCUT2D eigenvalue weighted by molar-refractivity contribution is -0.161. The molecule has 0 spiro atoms. The SMILES string of the molecule is CCC/C=C\C/C=C\CCCCCCCC(=O)OCC(COP(=O)(O)OCC(CO)OC(=O)CCCCCCC/C=C\C/C=C\CCC)OC(=O)CCCCCCC/C=C\C/C=C\CCCCC. The molecule has 2 N–H and O–H groups in total. The number of carbonyl (C=O) groups excluding carboxylic acids is 3. The molecule has 0 bridgehead atoms. The fourth-order valence-corrected chi connectivity index (χ4v) is 7.71. The third kappa shape index (κ3) is 48.0. The van der Waals surface area contributed by atoms with Crippen molar-refractivity contribution in [3.63, 3.8) is 0 Å². The molecule has 11 nitrogen and oxygen atoms in total. The van der Waals surface area contributed by atoms with Crippen molar-refractivity contribution in [2.45, 2.75) is 238 Å². The van der Waals surface area contributed by atoms with E-state index in [1.165, 1.54) is 25.7 Å². The third-order valence-corrected chi connectivity index (χ3v) is 12.0. The average Bonchev–Trinajstić information content (AvgIpc) is 3.32. The van der Waals surface area contributed by atoms with E-state index >= 15 is 0 Å². The molecule has 0 aromatic rings. The smallest absolute Gasteiger partial charge is 0.462 e. The van der Waals surface area contributed by atoms with E-state index in [4.69, 9.17) is 23.3 Å². The Morgan fingerprint density at radius 3 is 1.15 bits per heavy atom. The van der Waals surface area contributed by atoms with Crippen LogP contribution >= 0.6 is 7.82 Å². The van der Waals surface area contributed by atoms with Crippen LogP contribution in [-0.2, 0) is 42.2 Å². The van der Waals surface area contributed by atoms with Crippen molar-refractivity contribution in [3.05, 3.63) is 72.9 Å². The summed E-state index contributed by atoms with van der Waals surface area (Å²) in [6.07, 6.45) is 54.3. The van der Waals surface area contributed by atoms with Crippen LogP contribution in [0.25, 0.3) is 0 Å². The molecule has 0 aromatic heterocycles. The molecule has 68 heavy (non-hydrogen) atoms. The first kappa shape index (κ1) is 64.9. The Morgan fingerprint density at radius 1 is 0.412 bits per heavy atom. The van der Waals surface area contributed by atoms with Crippen molar-refractivity contribution in [3.8, 4) is 0 Å². The van der Waals surface area contributed by atoms with E-state index in [-0.39, 0.29) is 25.9 Å². The predicted molar refractivity (Wildman–Crippen MR) is 279 cm³/mol. The third-order valence-electron chi connectivity index (χ3n) is 11.0. The number of phosphoric ester groups is 1. The maximum absolute atomic E-state index is 12.9. The van der Waals surface area contributed by atoms with E-state index in [9.17, 15) is 28.9 Å². The number of carbonyl (C=O) groups is 3. The molecule has 3 unspecified atom stereocenters. The molecule has 0 fully saturated rings. The molecule has 0 heterocycles. The maximum atomic E-state index is 12.9. The van der Waals surface area contributed by atoms with Crippen LogP contribution in [0.4, 0.5) is 0 Å². The van der Waals surface area contributed by atoms with E-state index in [2.05, 4.69) is 93.7 Å². The van der Waals surface area contributed by atoms with Gasteiger partial charge in [-0.25, -0.2) is 4.57 Å². The van der Waals surface area contributed by atoms with Gasteiger partial charge in [0.05, 0.1) is 19.8 Å². The van der Waals surface area contributed by atoms with Crippen molar-refractivity contribution < 1.29 is 52.2 Å². The molecule has 0 aliphatic rings. The summed E-state index contributed by atoms with van der Waals surface area (Å²) >= 11 is 0. The highest BCUT2D eigenvalue weighted by Gasteiger charge is 2.28. The summed E-state index contributed by atoms with van der Waals surface area (Å²) in [5.41, 5.74) is 0. The Morgan fingerprint density at radius 2 is 0.750 bits per heavy atom. The molecule has 0 saturated heterocycles. The van der Waals surface area contributed by atoms with Gasteiger partial charge < -0.3 is 24.2 Å². The second kappa shape index (κ2) is 50.3. The number of aliphatic hydroxyl groups excluding tert-OH is 1. The molecule has 12 heteroatoms. The predicted octanol–water partition coefficient (Wildman–Crippen LogP) is 15.4. The highest BCUT2D eigenvalue weighted by Crippen LogP contribution is 2.43. The average molecular weight is 977 g/mol. The molecule has 3 atom stereocenters. The van der Waals surface area contributed by atoms with Gasteiger partial charge in [-0.15, -0.1) is 0 Å². The topological polar surface area (TPSA) is 155 Å². The summed E-state index contributed by atoms with van der Waals surface area (Å²) in [4.78, 5) is 48.4. The highest BCUT2D eigenvalue weighted by molar-refractivity contribution is 7.47. The fraction of sp³-hybridized carbons (Fsp3) is 0.732. The zero-order chi connectivity index (χ0) is 49.9. The second-order valence-electron chi connectivity index (χ2n) is 17.7. The minimum absolute atomic E-state index is 0.145. The van der Waals surface area contributed by atoms with Crippen molar-refractivity contribution in [1.29, 1.82) is 0 Å². The first-order valence-corrected chi connectivity index (χ1v) is 28.3. The summed E-state index contributed by atoms with van der Waals surface area (Å²) in [5, 5.41) is 9.78. The molecule has 0 aliphatic heterocycles. The number of allylic oxidation sites excluding steroid dienone is 12. The van der Waals surface area contributed by atoms with Crippen molar-refractivity contribution in [1.82, 2.24) is 0 Å². The number of hydrogen-bond acceptors (Lipinski definition) is 10. The highest BCUT2D eigenvalue weighted by atomic mass is 31.2. The first-order chi connectivity index (χ1) is 33.2. The van der Waals surface area contributed by atoms with E-state index in [0.29, 0.717) is 19.3 Å². The molecule has 0 saturated carbocycles. The Bertz CT molecular complexity index is 1420. The van der Waals surface area contributed by atoms with Crippen LogP contribution in [0.1, 0.15) is 226 Å². The van der Waals surface area contributed by atoms with Crippen LogP contribution in [0.2, 0.25) is 0 Å². The second-order valence-corrected chi connectivity index (χ2v) is 19.1. The van der Waals surface area contributed by atoms with Gasteiger partial charge in [-0.1, -0.05) is 177 Å². The molecule has 0 aromatic carbocycles. The van der Waals surface area contributed by atoms with Gasteiger partial charge in [0, 0.05) is 19.3 Å². The lowest BCUT2D eigenvalue weighted by Crippen LogP contribution is -2.30. The van der Waals surface area contributed by atoms with Gasteiger partial charge >= 0.3 is 25.7 Å². The molecule has 0 rings (SSSR count). The van der Waals surface area contributed by atoms with Gasteiger partial charge in [0.2, 0.25) is 0 Å². The van der Waals surface area contributed by atoms with Crippen LogP contribution in [0.3, 0.4) is 0 Å². The number of phosphoric acid groups is 1. The lowest BCUT2D eigenvalue weighted by Gasteiger charge is -2.21. The van der Waals surface area contributed by atoms with Gasteiger partial charge in [-0.05, 0) is 103 Å². The number of rotatable bonds is 49. The Kier molecular flexibility index (Phi) is 48.0. The molecular weight excluding hydrogens is 880 g/mol. The summed E-state index contributed by atoms with van der Waals surface area (Å²) in [5.74, 6) is -1.51. The van der Waals surface area contributed by atoms with E-state index in [1.807, 2.05) is 0 Å². The zero-order valence-corrected chi connectivity index (χ0v) is 43.9. The van der Waals surface area contributed by atoms with Crippen molar-refractivity contribution in [2.75, 3.05) is 26.4 Å². The number of ether oxygens (including phenoxy) is 3. The van der Waals surface area contributed by atoms with Crippen LogP contribution in [-0.4, -0.2) is 66.5 Å². The van der Waals surface area contributed by atoms with Crippen LogP contribution in [0.15, 0.2) is 72.9 Å². The number of unbranched alkanes of at least 4 members (excludes halogenated alkanes) is 20. The quantitative estimate of drug-likeness (QED) is 0.0197. The first-order valence-electron chi connectivity index (χ1n) is 26.8. The largest absolute Gasteiger partial charge is 0.472 e. The monoisotopic (exact) mass is 977 g/mol. The Hall–Kier alpha value is -3.08. The van der Waals surface area contributed by atoms with Crippen molar-refractivity contribution >= 4 is 25.7 Å². The number of aliphatic hydroxyl groups is 1. The van der Waals surface area contributed by atoms with Crippen LogP contribution in [0, 0.1) is 0 Å².